The standard InChI is InChI=1S/C25H18BrClINO3S2/c1-14-3-5-15(6-4-14)13-32-23-20(28)9-16(10-21(23)31-2)11-22-24(30)29(25(33)34-22)17-7-8-18(26)19(27)12-17/h3-12H,13H2,1-2H3/b22-11-. The molecule has 4 rings (SSSR count). The SMILES string of the molecule is COc1cc(/C=C2\SC(=S)N(c3ccc(Br)c(Cl)c3)C2=O)cc(I)c1OCc1ccc(C)cc1. The minimum atomic E-state index is -0.193. The van der Waals surface area contributed by atoms with Gasteiger partial charge < -0.3 is 9.47 Å². The van der Waals surface area contributed by atoms with E-state index in [2.05, 4.69) is 57.6 Å². The molecule has 3 aromatic carbocycles. The molecule has 174 valence electrons. The van der Waals surface area contributed by atoms with Crippen LogP contribution < -0.4 is 14.4 Å². The molecule has 3 aromatic rings. The quantitative estimate of drug-likeness (QED) is 0.149. The Hall–Kier alpha value is -1.59. The third-order valence-corrected chi connectivity index (χ3v) is 8.34. The number of carbonyl (C=O) groups excluding carboxylic acids is 1. The van der Waals surface area contributed by atoms with E-state index < -0.39 is 0 Å². The zero-order chi connectivity index (χ0) is 24.4. The Kier molecular flexibility index (Phi) is 8.24. The van der Waals surface area contributed by atoms with Gasteiger partial charge in [0.2, 0.25) is 0 Å². The molecule has 0 unspecified atom stereocenters. The van der Waals surface area contributed by atoms with Crippen molar-refractivity contribution in [2.24, 2.45) is 0 Å². The van der Waals surface area contributed by atoms with Crippen molar-refractivity contribution in [2.75, 3.05) is 12.0 Å². The van der Waals surface area contributed by atoms with Crippen LogP contribution in [0.25, 0.3) is 6.08 Å². The van der Waals surface area contributed by atoms with Crippen molar-refractivity contribution < 1.29 is 14.3 Å². The van der Waals surface area contributed by atoms with Gasteiger partial charge in [-0.25, -0.2) is 0 Å². The lowest BCUT2D eigenvalue weighted by atomic mass is 10.1. The van der Waals surface area contributed by atoms with E-state index in [1.807, 2.05) is 30.3 Å². The van der Waals surface area contributed by atoms with Crippen molar-refractivity contribution in [3.05, 3.63) is 89.3 Å². The molecule has 0 N–H and O–H groups in total. The predicted octanol–water partition coefficient (Wildman–Crippen LogP) is 8.01. The van der Waals surface area contributed by atoms with Crippen molar-refractivity contribution >= 4 is 96.1 Å². The number of benzene rings is 3. The van der Waals surface area contributed by atoms with Crippen LogP contribution in [0.5, 0.6) is 11.5 Å². The smallest absolute Gasteiger partial charge is 0.270 e. The first-order valence-corrected chi connectivity index (χ1v) is 13.5. The second-order valence-corrected chi connectivity index (χ2v) is 11.5. The Balaban J connectivity index is 1.58. The monoisotopic (exact) mass is 685 g/mol. The number of methoxy groups -OCH3 is 1. The molecule has 0 bridgehead atoms. The first kappa shape index (κ1) is 25.5. The van der Waals surface area contributed by atoms with Gasteiger partial charge in [0.05, 0.1) is 26.3 Å². The number of aryl methyl sites for hydroxylation is 1. The Morgan fingerprint density at radius 2 is 1.91 bits per heavy atom. The number of carbonyl (C=O) groups is 1. The van der Waals surface area contributed by atoms with Gasteiger partial charge in [0.25, 0.3) is 5.91 Å². The van der Waals surface area contributed by atoms with Crippen LogP contribution in [0.3, 0.4) is 0 Å². The number of anilines is 1. The van der Waals surface area contributed by atoms with Crippen LogP contribution in [0.2, 0.25) is 5.02 Å². The molecule has 0 radical (unpaired) electrons. The highest BCUT2D eigenvalue weighted by molar-refractivity contribution is 14.1. The molecular formula is C25H18BrClINO3S2. The lowest BCUT2D eigenvalue weighted by molar-refractivity contribution is -0.113. The number of thioether (sulfide) groups is 1. The molecule has 0 atom stereocenters. The fourth-order valence-electron chi connectivity index (χ4n) is 3.27. The molecule has 1 aliphatic heterocycles. The minimum absolute atomic E-state index is 0.193. The number of nitrogens with zero attached hydrogens (tertiary/aromatic N) is 1. The predicted molar refractivity (Wildman–Crippen MR) is 156 cm³/mol. The molecule has 9 heteroatoms. The van der Waals surface area contributed by atoms with E-state index in [9.17, 15) is 4.79 Å². The number of hydrogen-bond donors (Lipinski definition) is 0. The van der Waals surface area contributed by atoms with Crippen molar-refractivity contribution in [1.29, 1.82) is 0 Å². The molecule has 34 heavy (non-hydrogen) atoms. The van der Waals surface area contributed by atoms with E-state index in [-0.39, 0.29) is 5.91 Å². The molecule has 1 fully saturated rings. The normalized spacial score (nSPS) is 14.7. The number of ether oxygens (including phenoxy) is 2. The summed E-state index contributed by atoms with van der Waals surface area (Å²) in [4.78, 5) is 15.2. The van der Waals surface area contributed by atoms with Crippen LogP contribution >= 0.6 is 74.1 Å². The molecular weight excluding hydrogens is 669 g/mol. The van der Waals surface area contributed by atoms with E-state index in [1.54, 1.807) is 25.3 Å². The van der Waals surface area contributed by atoms with Gasteiger partial charge in [-0.3, -0.25) is 9.69 Å². The maximum atomic E-state index is 13.1. The zero-order valence-electron chi connectivity index (χ0n) is 18.1. The maximum Gasteiger partial charge on any atom is 0.270 e. The van der Waals surface area contributed by atoms with Gasteiger partial charge in [-0.2, -0.15) is 0 Å². The summed E-state index contributed by atoms with van der Waals surface area (Å²) < 4.78 is 13.8. The molecule has 0 spiro atoms. The van der Waals surface area contributed by atoms with E-state index >= 15 is 0 Å². The summed E-state index contributed by atoms with van der Waals surface area (Å²) in [5, 5.41) is 0.510. The molecule has 1 saturated heterocycles. The summed E-state index contributed by atoms with van der Waals surface area (Å²) in [6.07, 6.45) is 1.81. The van der Waals surface area contributed by atoms with Crippen LogP contribution in [0.15, 0.2) is 64.0 Å². The number of rotatable bonds is 6. The van der Waals surface area contributed by atoms with Gasteiger partial charge in [0.15, 0.2) is 15.8 Å². The van der Waals surface area contributed by atoms with Gasteiger partial charge in [0, 0.05) is 4.47 Å². The number of hydrogen-bond acceptors (Lipinski definition) is 5. The molecule has 0 saturated carbocycles. The third kappa shape index (κ3) is 5.62. The van der Waals surface area contributed by atoms with E-state index in [0.717, 1.165) is 19.2 Å². The number of halogens is 3. The van der Waals surface area contributed by atoms with Crippen LogP contribution in [0.4, 0.5) is 5.69 Å². The second-order valence-electron chi connectivity index (χ2n) is 7.42. The fourth-order valence-corrected chi connectivity index (χ4v) is 5.77. The Morgan fingerprint density at radius 1 is 1.18 bits per heavy atom. The minimum Gasteiger partial charge on any atom is -0.493 e. The van der Waals surface area contributed by atoms with Crippen LogP contribution in [-0.4, -0.2) is 17.3 Å². The Labute approximate surface area is 234 Å². The van der Waals surface area contributed by atoms with Crippen LogP contribution in [0.1, 0.15) is 16.7 Å². The van der Waals surface area contributed by atoms with Gasteiger partial charge >= 0.3 is 0 Å². The fraction of sp³-hybridized carbons (Fsp3) is 0.120. The van der Waals surface area contributed by atoms with Crippen LogP contribution in [-0.2, 0) is 11.4 Å². The summed E-state index contributed by atoms with van der Waals surface area (Å²) in [7, 11) is 1.60. The highest BCUT2D eigenvalue weighted by Crippen LogP contribution is 2.40. The van der Waals surface area contributed by atoms with Crippen molar-refractivity contribution in [1.82, 2.24) is 0 Å². The first-order valence-electron chi connectivity index (χ1n) is 10.1. The average molecular weight is 687 g/mol. The summed E-state index contributed by atoms with van der Waals surface area (Å²) in [5.74, 6) is 1.07. The van der Waals surface area contributed by atoms with E-state index in [1.165, 1.54) is 22.2 Å². The topological polar surface area (TPSA) is 38.8 Å². The lowest BCUT2D eigenvalue weighted by Gasteiger charge is -2.15. The Morgan fingerprint density at radius 3 is 2.59 bits per heavy atom. The highest BCUT2D eigenvalue weighted by atomic mass is 127. The van der Waals surface area contributed by atoms with E-state index in [4.69, 9.17) is 33.3 Å². The molecule has 1 heterocycles. The molecule has 0 aromatic heterocycles. The number of thiocarbonyl (C=S) groups is 1. The molecule has 1 amide bonds. The third-order valence-electron chi connectivity index (χ3n) is 5.01. The first-order chi connectivity index (χ1) is 16.3. The summed E-state index contributed by atoms with van der Waals surface area (Å²) in [6.45, 7) is 2.48. The summed E-state index contributed by atoms with van der Waals surface area (Å²) in [6, 6.07) is 17.3. The second kappa shape index (κ2) is 11.0. The summed E-state index contributed by atoms with van der Waals surface area (Å²) >= 11 is 18.5. The molecule has 4 nitrogen and oxygen atoms in total. The van der Waals surface area contributed by atoms with Crippen molar-refractivity contribution in [3.63, 3.8) is 0 Å². The Bertz CT molecular complexity index is 1310. The van der Waals surface area contributed by atoms with Gasteiger partial charge in [-0.1, -0.05) is 65.4 Å². The number of amides is 1. The largest absolute Gasteiger partial charge is 0.493 e. The van der Waals surface area contributed by atoms with Gasteiger partial charge in [0.1, 0.15) is 6.61 Å². The van der Waals surface area contributed by atoms with Gasteiger partial charge in [-0.05, 0) is 93.0 Å². The lowest BCUT2D eigenvalue weighted by Crippen LogP contribution is -2.27. The van der Waals surface area contributed by atoms with Crippen molar-refractivity contribution in [2.45, 2.75) is 13.5 Å². The zero-order valence-corrected chi connectivity index (χ0v) is 24.2. The molecule has 0 aliphatic carbocycles. The molecule has 1 aliphatic rings. The van der Waals surface area contributed by atoms with Crippen LogP contribution in [0, 0.1) is 10.5 Å². The average Bonchev–Trinajstić information content (AvgIpc) is 3.08. The maximum absolute atomic E-state index is 13.1. The van der Waals surface area contributed by atoms with Gasteiger partial charge in [-0.15, -0.1) is 0 Å². The summed E-state index contributed by atoms with van der Waals surface area (Å²) in [5.41, 5.74) is 3.72. The van der Waals surface area contributed by atoms with E-state index in [0.29, 0.717) is 38.0 Å². The highest BCUT2D eigenvalue weighted by Gasteiger charge is 2.33. The van der Waals surface area contributed by atoms with Crippen molar-refractivity contribution in [3.8, 4) is 11.5 Å².